The number of hydrogen-bond donors (Lipinski definition) is 0. The quantitative estimate of drug-likeness (QED) is 0.558. The van der Waals surface area contributed by atoms with E-state index in [9.17, 15) is 13.6 Å². The molecule has 3 heteroatoms. The average Bonchev–Trinajstić information content (AvgIpc) is 1.76. The van der Waals surface area contributed by atoms with E-state index in [1.807, 2.05) is 0 Å². The van der Waals surface area contributed by atoms with Crippen LogP contribution >= 0.6 is 0 Å². The number of alkyl halides is 2. The van der Waals surface area contributed by atoms with Gasteiger partial charge < -0.3 is 4.79 Å². The van der Waals surface area contributed by atoms with E-state index in [0.29, 0.717) is 6.29 Å². The highest BCUT2D eigenvalue weighted by molar-refractivity contribution is 5.54. The Morgan fingerprint density at radius 3 is 2.10 bits per heavy atom. The molecule has 0 aromatic heterocycles. The Morgan fingerprint density at radius 2 is 2.00 bits per heavy atom. The molecule has 1 aliphatic rings. The van der Waals surface area contributed by atoms with E-state index in [0.717, 1.165) is 19.3 Å². The summed E-state index contributed by atoms with van der Waals surface area (Å²) in [6.45, 7) is 0. The van der Waals surface area contributed by atoms with Gasteiger partial charge in [-0.05, 0) is 18.8 Å². The normalized spacial score (nSPS) is 22.3. The molecule has 0 spiro atoms. The number of carbonyl (C=O) groups excluding carboxylic acids is 1. The van der Waals surface area contributed by atoms with E-state index in [2.05, 4.69) is 0 Å². The molecule has 1 atom stereocenters. The largest absolute Gasteiger partial charge is 0.303 e. The van der Waals surface area contributed by atoms with Crippen LogP contribution in [-0.2, 0) is 4.79 Å². The fourth-order valence-electron chi connectivity index (χ4n) is 1.20. The van der Waals surface area contributed by atoms with Crippen molar-refractivity contribution >= 4 is 6.29 Å². The van der Waals surface area contributed by atoms with Gasteiger partial charge in [-0.25, -0.2) is 8.78 Å². The second-order valence-corrected chi connectivity index (χ2v) is 2.74. The average molecular weight is 148 g/mol. The summed E-state index contributed by atoms with van der Waals surface area (Å²) < 4.78 is 23.9. The third kappa shape index (κ3) is 1.33. The molecule has 1 saturated carbocycles. The third-order valence-corrected chi connectivity index (χ3v) is 2.14. The lowest BCUT2D eigenvalue weighted by Gasteiger charge is -2.29. The lowest BCUT2D eigenvalue weighted by atomic mass is 9.77. The lowest BCUT2D eigenvalue weighted by molar-refractivity contribution is -0.119. The molecule has 1 unspecified atom stereocenters. The van der Waals surface area contributed by atoms with E-state index in [1.54, 1.807) is 0 Å². The van der Waals surface area contributed by atoms with Crippen LogP contribution in [0.1, 0.15) is 19.3 Å². The highest BCUT2D eigenvalue weighted by Gasteiger charge is 2.33. The van der Waals surface area contributed by atoms with Crippen molar-refractivity contribution in [3.63, 3.8) is 0 Å². The second-order valence-electron chi connectivity index (χ2n) is 2.74. The van der Waals surface area contributed by atoms with Crippen LogP contribution in [-0.4, -0.2) is 12.7 Å². The van der Waals surface area contributed by atoms with Crippen molar-refractivity contribution in [2.75, 3.05) is 0 Å². The summed E-state index contributed by atoms with van der Waals surface area (Å²) in [4.78, 5) is 10.1. The van der Waals surface area contributed by atoms with Crippen LogP contribution < -0.4 is 0 Å². The molecule has 0 N–H and O–H groups in total. The second kappa shape index (κ2) is 3.08. The van der Waals surface area contributed by atoms with Crippen molar-refractivity contribution < 1.29 is 13.6 Å². The minimum absolute atomic E-state index is 0.0301. The summed E-state index contributed by atoms with van der Waals surface area (Å²) in [6, 6.07) is 0. The zero-order valence-electron chi connectivity index (χ0n) is 5.59. The van der Waals surface area contributed by atoms with Gasteiger partial charge in [-0.3, -0.25) is 0 Å². The van der Waals surface area contributed by atoms with Gasteiger partial charge in [-0.15, -0.1) is 0 Å². The van der Waals surface area contributed by atoms with Crippen LogP contribution in [0.3, 0.4) is 0 Å². The molecule has 0 heterocycles. The van der Waals surface area contributed by atoms with Gasteiger partial charge in [0.1, 0.15) is 6.29 Å². The molecular formula is C7H10F2O. The third-order valence-electron chi connectivity index (χ3n) is 2.14. The van der Waals surface area contributed by atoms with E-state index >= 15 is 0 Å². The fourth-order valence-corrected chi connectivity index (χ4v) is 1.20. The van der Waals surface area contributed by atoms with Gasteiger partial charge in [0.15, 0.2) is 0 Å². The lowest BCUT2D eigenvalue weighted by Crippen LogP contribution is -2.28. The Labute approximate surface area is 58.4 Å². The van der Waals surface area contributed by atoms with Crippen LogP contribution in [0.5, 0.6) is 0 Å². The number of carbonyl (C=O) groups is 1. The topological polar surface area (TPSA) is 17.1 Å². The molecule has 1 nitrogen and oxygen atoms in total. The molecule has 58 valence electrons. The number of rotatable bonds is 3. The maximum Gasteiger partial charge on any atom is 0.248 e. The summed E-state index contributed by atoms with van der Waals surface area (Å²) in [5.41, 5.74) is 0. The van der Waals surface area contributed by atoms with Crippen molar-refractivity contribution in [1.29, 1.82) is 0 Å². The number of aldehydes is 1. The van der Waals surface area contributed by atoms with Gasteiger partial charge in [0.2, 0.25) is 6.43 Å². The Bertz CT molecular complexity index is 121. The van der Waals surface area contributed by atoms with E-state index in [1.165, 1.54) is 0 Å². The highest BCUT2D eigenvalue weighted by atomic mass is 19.3. The summed E-state index contributed by atoms with van der Waals surface area (Å²) in [7, 11) is 0. The van der Waals surface area contributed by atoms with Crippen LogP contribution in [0, 0.1) is 11.8 Å². The Hall–Kier alpha value is -0.470. The molecule has 0 bridgehead atoms. The van der Waals surface area contributed by atoms with E-state index in [-0.39, 0.29) is 5.92 Å². The first-order valence-corrected chi connectivity index (χ1v) is 3.49. The van der Waals surface area contributed by atoms with Gasteiger partial charge in [-0.2, -0.15) is 0 Å². The molecule has 0 saturated heterocycles. The van der Waals surface area contributed by atoms with Crippen molar-refractivity contribution in [3.8, 4) is 0 Å². The Morgan fingerprint density at radius 1 is 1.40 bits per heavy atom. The zero-order chi connectivity index (χ0) is 7.56. The first-order valence-electron chi connectivity index (χ1n) is 3.49. The molecule has 10 heavy (non-hydrogen) atoms. The monoisotopic (exact) mass is 148 g/mol. The molecular weight excluding hydrogens is 138 g/mol. The van der Waals surface area contributed by atoms with Gasteiger partial charge >= 0.3 is 0 Å². The summed E-state index contributed by atoms with van der Waals surface area (Å²) in [5.74, 6) is -1.02. The van der Waals surface area contributed by atoms with Gasteiger partial charge in [0.05, 0.1) is 5.92 Å². The maximum atomic E-state index is 11.9. The maximum absolute atomic E-state index is 11.9. The molecule has 0 aromatic carbocycles. The molecule has 0 aromatic rings. The predicted octanol–water partition coefficient (Wildman–Crippen LogP) is 1.87. The number of halogens is 2. The predicted molar refractivity (Wildman–Crippen MR) is 32.9 cm³/mol. The van der Waals surface area contributed by atoms with Crippen LogP contribution in [0.15, 0.2) is 0 Å². The van der Waals surface area contributed by atoms with Crippen LogP contribution in [0.25, 0.3) is 0 Å². The van der Waals surface area contributed by atoms with E-state index < -0.39 is 12.3 Å². The summed E-state index contributed by atoms with van der Waals surface area (Å²) in [5, 5.41) is 0. The fraction of sp³-hybridized carbons (Fsp3) is 0.857. The van der Waals surface area contributed by atoms with E-state index in [4.69, 9.17) is 0 Å². The Kier molecular flexibility index (Phi) is 2.35. The molecule has 1 aliphatic carbocycles. The molecule has 0 aliphatic heterocycles. The molecule has 0 amide bonds. The van der Waals surface area contributed by atoms with Crippen molar-refractivity contribution in [1.82, 2.24) is 0 Å². The minimum Gasteiger partial charge on any atom is -0.303 e. The minimum atomic E-state index is -2.46. The van der Waals surface area contributed by atoms with Crippen molar-refractivity contribution in [3.05, 3.63) is 0 Å². The zero-order valence-corrected chi connectivity index (χ0v) is 5.59. The van der Waals surface area contributed by atoms with Gasteiger partial charge in [0, 0.05) is 0 Å². The summed E-state index contributed by atoms with van der Waals surface area (Å²) in [6.07, 6.45) is 0.542. The smallest absolute Gasteiger partial charge is 0.248 e. The molecule has 0 radical (unpaired) electrons. The first-order chi connectivity index (χ1) is 4.75. The van der Waals surface area contributed by atoms with Gasteiger partial charge in [-0.1, -0.05) is 6.42 Å². The summed E-state index contributed by atoms with van der Waals surface area (Å²) >= 11 is 0. The SMILES string of the molecule is O=CC(C(F)F)C1CCC1. The van der Waals surface area contributed by atoms with Gasteiger partial charge in [0.25, 0.3) is 0 Å². The highest BCUT2D eigenvalue weighted by Crippen LogP contribution is 2.35. The Balaban J connectivity index is 2.38. The first kappa shape index (κ1) is 7.63. The van der Waals surface area contributed by atoms with Crippen LogP contribution in [0.4, 0.5) is 8.78 Å². The van der Waals surface area contributed by atoms with Crippen molar-refractivity contribution in [2.45, 2.75) is 25.7 Å². The standard InChI is InChI=1S/C7H10F2O/c8-7(9)6(4-10)5-2-1-3-5/h4-7H,1-3H2. The number of hydrogen-bond acceptors (Lipinski definition) is 1. The van der Waals surface area contributed by atoms with Crippen LogP contribution in [0.2, 0.25) is 0 Å². The van der Waals surface area contributed by atoms with Crippen molar-refractivity contribution in [2.24, 2.45) is 11.8 Å². The molecule has 1 rings (SSSR count). The molecule has 1 fully saturated rings.